The lowest BCUT2D eigenvalue weighted by molar-refractivity contribution is 0.0749. The minimum Gasteiger partial charge on any atom is -0.451 e. The fraction of sp³-hybridized carbons (Fsp3) is 0.143. The smallest absolute Gasteiger partial charge is 0.290 e. The number of furan rings is 1. The molecule has 0 fully saturated rings. The van der Waals surface area contributed by atoms with Crippen LogP contribution in [0.2, 0.25) is 0 Å². The largest absolute Gasteiger partial charge is 0.451 e. The summed E-state index contributed by atoms with van der Waals surface area (Å²) in [5.74, 6) is 0.108. The van der Waals surface area contributed by atoms with Crippen molar-refractivity contribution in [2.45, 2.75) is 13.2 Å². The normalized spacial score (nSPS) is 11.1. The van der Waals surface area contributed by atoms with Crippen molar-refractivity contribution >= 4 is 16.9 Å². The minimum absolute atomic E-state index is 0.199. The lowest BCUT2D eigenvalue weighted by Crippen LogP contribution is -2.26. The molecule has 2 heterocycles. The van der Waals surface area contributed by atoms with Gasteiger partial charge in [0.05, 0.1) is 18.0 Å². The van der Waals surface area contributed by atoms with Crippen molar-refractivity contribution in [2.24, 2.45) is 0 Å². The van der Waals surface area contributed by atoms with Crippen LogP contribution < -0.4 is 0 Å². The number of ether oxygens (including phenoxy) is 1. The highest BCUT2D eigenvalue weighted by molar-refractivity contribution is 5.99. The van der Waals surface area contributed by atoms with E-state index in [0.29, 0.717) is 24.5 Å². The van der Waals surface area contributed by atoms with Crippen LogP contribution in [0.15, 0.2) is 95.5 Å². The molecule has 34 heavy (non-hydrogen) atoms. The summed E-state index contributed by atoms with van der Waals surface area (Å²) in [7, 11) is 3.39. The predicted molar refractivity (Wildman–Crippen MR) is 132 cm³/mol. The van der Waals surface area contributed by atoms with Gasteiger partial charge in [0.2, 0.25) is 0 Å². The van der Waals surface area contributed by atoms with Crippen LogP contribution in [-0.2, 0) is 17.9 Å². The van der Waals surface area contributed by atoms with Crippen molar-refractivity contribution in [2.75, 3.05) is 14.2 Å². The van der Waals surface area contributed by atoms with Gasteiger partial charge in [0, 0.05) is 49.0 Å². The van der Waals surface area contributed by atoms with E-state index in [4.69, 9.17) is 14.3 Å². The van der Waals surface area contributed by atoms with Crippen LogP contribution in [0.1, 0.15) is 21.7 Å². The summed E-state index contributed by atoms with van der Waals surface area (Å²) in [5, 5.41) is 5.74. The van der Waals surface area contributed by atoms with Gasteiger partial charge in [-0.3, -0.25) is 4.79 Å². The minimum atomic E-state index is -0.199. The Balaban J connectivity index is 1.51. The summed E-state index contributed by atoms with van der Waals surface area (Å²) < 4.78 is 13.2. The molecule has 1 amide bonds. The molecule has 6 nitrogen and oxygen atoms in total. The molecule has 0 aliphatic carbocycles. The van der Waals surface area contributed by atoms with Gasteiger partial charge in [0.1, 0.15) is 5.58 Å². The van der Waals surface area contributed by atoms with Gasteiger partial charge >= 0.3 is 0 Å². The average Bonchev–Trinajstić information content (AvgIpc) is 3.47. The van der Waals surface area contributed by atoms with Gasteiger partial charge in [-0.05, 0) is 18.2 Å². The molecular weight excluding hydrogens is 426 g/mol. The number of carbonyl (C=O) groups is 1. The van der Waals surface area contributed by atoms with Crippen molar-refractivity contribution in [1.82, 2.24) is 14.7 Å². The van der Waals surface area contributed by atoms with Crippen LogP contribution in [0.25, 0.3) is 27.9 Å². The molecule has 0 aliphatic rings. The molecule has 0 unspecified atom stereocenters. The van der Waals surface area contributed by atoms with Gasteiger partial charge in [0.25, 0.3) is 5.91 Å². The molecule has 2 aromatic heterocycles. The zero-order valence-electron chi connectivity index (χ0n) is 19.1. The number of methoxy groups -OCH3 is 1. The molecule has 0 N–H and O–H groups in total. The van der Waals surface area contributed by atoms with Gasteiger partial charge in [-0.25, -0.2) is 4.68 Å². The molecular formula is C28H25N3O3. The lowest BCUT2D eigenvalue weighted by atomic mass is 10.1. The first kappa shape index (κ1) is 21.7. The van der Waals surface area contributed by atoms with Gasteiger partial charge in [0.15, 0.2) is 5.76 Å². The molecule has 0 saturated carbocycles. The van der Waals surface area contributed by atoms with Crippen LogP contribution >= 0.6 is 0 Å². The van der Waals surface area contributed by atoms with E-state index in [2.05, 4.69) is 0 Å². The highest BCUT2D eigenvalue weighted by atomic mass is 16.5. The van der Waals surface area contributed by atoms with Crippen LogP contribution in [0.5, 0.6) is 0 Å². The standard InChI is InChI=1S/C28H25N3O3/c1-30(28(32)27-24(19-33-2)23-15-9-10-16-25(23)34-27)17-21-18-31(22-13-7-4-8-14-22)29-26(21)20-11-5-3-6-12-20/h3-16,18H,17,19H2,1-2H3. The van der Waals surface area contributed by atoms with E-state index in [1.807, 2.05) is 95.8 Å². The third kappa shape index (κ3) is 4.11. The van der Waals surface area contributed by atoms with Crippen molar-refractivity contribution in [3.05, 3.63) is 108 Å². The SMILES string of the molecule is COCc1c(C(=O)N(C)Cc2cn(-c3ccccc3)nc2-c2ccccc2)oc2ccccc12. The Hall–Kier alpha value is -4.16. The Labute approximate surface area is 198 Å². The number of amides is 1. The van der Waals surface area contributed by atoms with Crippen molar-refractivity contribution in [3.63, 3.8) is 0 Å². The van der Waals surface area contributed by atoms with Crippen molar-refractivity contribution in [1.29, 1.82) is 0 Å². The van der Waals surface area contributed by atoms with E-state index < -0.39 is 0 Å². The first-order chi connectivity index (χ1) is 16.7. The molecule has 0 bridgehead atoms. The molecule has 0 saturated heterocycles. The Bertz CT molecular complexity index is 1420. The van der Waals surface area contributed by atoms with Crippen LogP contribution in [0, 0.1) is 0 Å². The number of hydrogen-bond donors (Lipinski definition) is 0. The maximum Gasteiger partial charge on any atom is 0.290 e. The highest BCUT2D eigenvalue weighted by Gasteiger charge is 2.25. The number of aromatic nitrogens is 2. The monoisotopic (exact) mass is 451 g/mol. The topological polar surface area (TPSA) is 60.5 Å². The summed E-state index contributed by atoms with van der Waals surface area (Å²) in [5.41, 5.74) is 5.17. The van der Waals surface area contributed by atoms with E-state index in [0.717, 1.165) is 33.5 Å². The van der Waals surface area contributed by atoms with Gasteiger partial charge in [-0.1, -0.05) is 66.7 Å². The second-order valence-corrected chi connectivity index (χ2v) is 8.15. The van der Waals surface area contributed by atoms with Gasteiger partial charge in [-0.15, -0.1) is 0 Å². The number of rotatable bonds is 7. The maximum atomic E-state index is 13.5. The zero-order valence-corrected chi connectivity index (χ0v) is 19.1. The number of fused-ring (bicyclic) bond motifs is 1. The number of carbonyl (C=O) groups excluding carboxylic acids is 1. The third-order valence-corrected chi connectivity index (χ3v) is 5.79. The molecule has 0 atom stereocenters. The van der Waals surface area contributed by atoms with Crippen LogP contribution in [-0.4, -0.2) is 34.7 Å². The number of para-hydroxylation sites is 2. The van der Waals surface area contributed by atoms with Gasteiger partial charge in [-0.2, -0.15) is 5.10 Å². The summed E-state index contributed by atoms with van der Waals surface area (Å²) in [6, 6.07) is 27.6. The molecule has 3 aromatic carbocycles. The van der Waals surface area contributed by atoms with Crippen molar-refractivity contribution in [3.8, 4) is 16.9 Å². The summed E-state index contributed by atoms with van der Waals surface area (Å²) in [4.78, 5) is 15.2. The lowest BCUT2D eigenvalue weighted by Gasteiger charge is -2.16. The number of benzene rings is 3. The zero-order chi connectivity index (χ0) is 23.5. The van der Waals surface area contributed by atoms with Crippen LogP contribution in [0.4, 0.5) is 0 Å². The molecule has 5 aromatic rings. The van der Waals surface area contributed by atoms with Crippen molar-refractivity contribution < 1.29 is 13.9 Å². The first-order valence-electron chi connectivity index (χ1n) is 11.1. The Morgan fingerprint density at radius 1 is 0.971 bits per heavy atom. The van der Waals surface area contributed by atoms with E-state index in [9.17, 15) is 4.79 Å². The van der Waals surface area contributed by atoms with Crippen LogP contribution in [0.3, 0.4) is 0 Å². The molecule has 0 radical (unpaired) electrons. The summed E-state index contributed by atoms with van der Waals surface area (Å²) >= 11 is 0. The van der Waals surface area contributed by atoms with E-state index in [1.165, 1.54) is 0 Å². The third-order valence-electron chi connectivity index (χ3n) is 5.79. The Morgan fingerprint density at radius 3 is 2.38 bits per heavy atom. The van der Waals surface area contributed by atoms with E-state index >= 15 is 0 Å². The Kier molecular flexibility index (Phi) is 5.97. The second-order valence-electron chi connectivity index (χ2n) is 8.15. The fourth-order valence-corrected chi connectivity index (χ4v) is 4.14. The average molecular weight is 452 g/mol. The highest BCUT2D eigenvalue weighted by Crippen LogP contribution is 2.29. The molecule has 0 spiro atoms. The summed E-state index contributed by atoms with van der Waals surface area (Å²) in [6.07, 6.45) is 1.98. The number of nitrogens with zero attached hydrogens (tertiary/aromatic N) is 3. The second kappa shape index (κ2) is 9.37. The first-order valence-corrected chi connectivity index (χ1v) is 11.1. The molecule has 5 rings (SSSR count). The Morgan fingerprint density at radius 2 is 1.65 bits per heavy atom. The molecule has 170 valence electrons. The number of hydrogen-bond acceptors (Lipinski definition) is 4. The molecule has 0 aliphatic heterocycles. The van der Waals surface area contributed by atoms with E-state index in [1.54, 1.807) is 19.1 Å². The summed E-state index contributed by atoms with van der Waals surface area (Å²) in [6.45, 7) is 0.673. The fourth-order valence-electron chi connectivity index (χ4n) is 4.14. The van der Waals surface area contributed by atoms with E-state index in [-0.39, 0.29) is 5.91 Å². The van der Waals surface area contributed by atoms with Gasteiger partial charge < -0.3 is 14.1 Å². The molecule has 6 heteroatoms. The maximum absolute atomic E-state index is 13.5. The predicted octanol–water partition coefficient (Wildman–Crippen LogP) is 5.70. The quantitative estimate of drug-likeness (QED) is 0.318.